The maximum atomic E-state index is 5.29. The summed E-state index contributed by atoms with van der Waals surface area (Å²) < 4.78 is 11.6. The summed E-state index contributed by atoms with van der Waals surface area (Å²) in [5.74, 6) is 0.909. The van der Waals surface area contributed by atoms with Crippen LogP contribution >= 0.6 is 15.9 Å². The Balaban J connectivity index is 2.42. The van der Waals surface area contributed by atoms with Crippen molar-refractivity contribution >= 4 is 15.9 Å². The Morgan fingerprint density at radius 3 is 2.88 bits per heavy atom. The molecule has 0 saturated carbocycles. The van der Waals surface area contributed by atoms with E-state index in [1.807, 2.05) is 19.1 Å². The molecule has 0 aliphatic heterocycles. The van der Waals surface area contributed by atoms with Crippen LogP contribution in [0.5, 0.6) is 5.75 Å². The third kappa shape index (κ3) is 4.51. The Kier molecular flexibility index (Phi) is 6.45. The first-order valence-corrected chi connectivity index (χ1v) is 6.18. The standard InChI is InChI=1S/C12H18BrNO2/c1-3-16-7-6-14-9-10-8-11(13)4-5-12(10)15-2/h4-5,8,14H,3,6-7,9H2,1-2H3. The molecule has 0 fully saturated rings. The van der Waals surface area contributed by atoms with Gasteiger partial charge in [0.2, 0.25) is 0 Å². The minimum atomic E-state index is 0.743. The molecule has 1 N–H and O–H groups in total. The van der Waals surface area contributed by atoms with Gasteiger partial charge in [-0.25, -0.2) is 0 Å². The van der Waals surface area contributed by atoms with Crippen molar-refractivity contribution in [2.75, 3.05) is 26.9 Å². The van der Waals surface area contributed by atoms with Crippen LogP contribution in [0.1, 0.15) is 12.5 Å². The predicted molar refractivity (Wildman–Crippen MR) is 68.9 cm³/mol. The van der Waals surface area contributed by atoms with E-state index in [-0.39, 0.29) is 0 Å². The highest BCUT2D eigenvalue weighted by molar-refractivity contribution is 9.10. The summed E-state index contributed by atoms with van der Waals surface area (Å²) >= 11 is 3.45. The van der Waals surface area contributed by atoms with Crippen LogP contribution in [0.2, 0.25) is 0 Å². The van der Waals surface area contributed by atoms with Crippen molar-refractivity contribution < 1.29 is 9.47 Å². The molecule has 0 atom stereocenters. The first-order chi connectivity index (χ1) is 7.77. The summed E-state index contributed by atoms with van der Waals surface area (Å²) in [5, 5.41) is 3.31. The van der Waals surface area contributed by atoms with Crippen molar-refractivity contribution in [3.05, 3.63) is 28.2 Å². The normalized spacial score (nSPS) is 10.4. The van der Waals surface area contributed by atoms with Crippen molar-refractivity contribution in [1.82, 2.24) is 5.32 Å². The molecule has 16 heavy (non-hydrogen) atoms. The number of hydrogen-bond acceptors (Lipinski definition) is 3. The highest BCUT2D eigenvalue weighted by Crippen LogP contribution is 2.22. The molecule has 0 bridgehead atoms. The van der Waals surface area contributed by atoms with Gasteiger partial charge in [0.15, 0.2) is 0 Å². The van der Waals surface area contributed by atoms with Crippen LogP contribution in [-0.4, -0.2) is 26.9 Å². The van der Waals surface area contributed by atoms with Gasteiger partial charge in [-0.2, -0.15) is 0 Å². The number of ether oxygens (including phenoxy) is 2. The monoisotopic (exact) mass is 287 g/mol. The molecule has 0 aliphatic carbocycles. The van der Waals surface area contributed by atoms with E-state index in [0.717, 1.165) is 42.1 Å². The zero-order valence-electron chi connectivity index (χ0n) is 9.75. The molecule has 0 radical (unpaired) electrons. The molecule has 3 nitrogen and oxygen atoms in total. The number of hydrogen-bond donors (Lipinski definition) is 1. The lowest BCUT2D eigenvalue weighted by atomic mass is 10.2. The van der Waals surface area contributed by atoms with Gasteiger partial charge in [-0.15, -0.1) is 0 Å². The van der Waals surface area contributed by atoms with Crippen LogP contribution in [-0.2, 0) is 11.3 Å². The molecule has 1 aromatic rings. The van der Waals surface area contributed by atoms with Crippen molar-refractivity contribution in [2.45, 2.75) is 13.5 Å². The molecule has 0 saturated heterocycles. The molecular formula is C12H18BrNO2. The molecule has 0 unspecified atom stereocenters. The van der Waals surface area contributed by atoms with E-state index in [0.29, 0.717) is 0 Å². The van der Waals surface area contributed by atoms with E-state index in [4.69, 9.17) is 9.47 Å². The topological polar surface area (TPSA) is 30.5 Å². The van der Waals surface area contributed by atoms with Crippen molar-refractivity contribution in [2.24, 2.45) is 0 Å². The highest BCUT2D eigenvalue weighted by Gasteiger charge is 2.02. The van der Waals surface area contributed by atoms with Gasteiger partial charge < -0.3 is 14.8 Å². The molecule has 0 heterocycles. The Morgan fingerprint density at radius 1 is 1.38 bits per heavy atom. The maximum Gasteiger partial charge on any atom is 0.123 e. The summed E-state index contributed by atoms with van der Waals surface area (Å²) in [5.41, 5.74) is 1.15. The number of halogens is 1. The Labute approximate surface area is 105 Å². The van der Waals surface area contributed by atoms with Crippen LogP contribution in [0.3, 0.4) is 0 Å². The zero-order chi connectivity index (χ0) is 11.8. The Bertz CT molecular complexity index is 318. The van der Waals surface area contributed by atoms with Crippen LogP contribution in [0.25, 0.3) is 0 Å². The third-order valence-corrected chi connectivity index (χ3v) is 2.68. The SMILES string of the molecule is CCOCCNCc1cc(Br)ccc1OC. The second-order valence-corrected chi connectivity index (χ2v) is 4.25. The average molecular weight is 288 g/mol. The van der Waals surface area contributed by atoms with Crippen LogP contribution in [0.15, 0.2) is 22.7 Å². The molecule has 0 amide bonds. The van der Waals surface area contributed by atoms with Crippen LogP contribution in [0, 0.1) is 0 Å². The van der Waals surface area contributed by atoms with E-state index in [1.165, 1.54) is 0 Å². The smallest absolute Gasteiger partial charge is 0.123 e. The number of methoxy groups -OCH3 is 1. The molecule has 4 heteroatoms. The molecular weight excluding hydrogens is 270 g/mol. The van der Waals surface area contributed by atoms with Crippen molar-refractivity contribution in [1.29, 1.82) is 0 Å². The molecule has 1 aromatic carbocycles. The highest BCUT2D eigenvalue weighted by atomic mass is 79.9. The summed E-state index contributed by atoms with van der Waals surface area (Å²) in [6, 6.07) is 6.00. The number of nitrogens with one attached hydrogen (secondary N) is 1. The summed E-state index contributed by atoms with van der Waals surface area (Å²) in [7, 11) is 1.69. The third-order valence-electron chi connectivity index (χ3n) is 2.19. The van der Waals surface area contributed by atoms with Crippen molar-refractivity contribution in [3.63, 3.8) is 0 Å². The maximum absolute atomic E-state index is 5.29. The molecule has 0 aromatic heterocycles. The summed E-state index contributed by atoms with van der Waals surface area (Å²) in [4.78, 5) is 0. The summed E-state index contributed by atoms with van der Waals surface area (Å²) in [6.45, 7) is 5.14. The van der Waals surface area contributed by atoms with E-state index in [2.05, 4.69) is 27.3 Å². The minimum Gasteiger partial charge on any atom is -0.496 e. The lowest BCUT2D eigenvalue weighted by Crippen LogP contribution is -2.19. The fourth-order valence-electron chi connectivity index (χ4n) is 1.40. The zero-order valence-corrected chi connectivity index (χ0v) is 11.3. The van der Waals surface area contributed by atoms with Gasteiger partial charge in [-0.3, -0.25) is 0 Å². The summed E-state index contributed by atoms with van der Waals surface area (Å²) in [6.07, 6.45) is 0. The lowest BCUT2D eigenvalue weighted by molar-refractivity contribution is 0.149. The Morgan fingerprint density at radius 2 is 2.19 bits per heavy atom. The number of rotatable bonds is 7. The van der Waals surface area contributed by atoms with Crippen LogP contribution in [0.4, 0.5) is 0 Å². The average Bonchev–Trinajstić information content (AvgIpc) is 2.29. The fraction of sp³-hybridized carbons (Fsp3) is 0.500. The van der Waals surface area contributed by atoms with Gasteiger partial charge in [0.05, 0.1) is 13.7 Å². The second-order valence-electron chi connectivity index (χ2n) is 3.33. The quantitative estimate of drug-likeness (QED) is 0.782. The number of benzene rings is 1. The first-order valence-electron chi connectivity index (χ1n) is 5.38. The van der Waals surface area contributed by atoms with Gasteiger partial charge in [0.25, 0.3) is 0 Å². The minimum absolute atomic E-state index is 0.743. The molecule has 0 spiro atoms. The van der Waals surface area contributed by atoms with Crippen LogP contribution < -0.4 is 10.1 Å². The van der Waals surface area contributed by atoms with Crippen molar-refractivity contribution in [3.8, 4) is 5.75 Å². The van der Waals surface area contributed by atoms with E-state index < -0.39 is 0 Å². The Hall–Kier alpha value is -0.580. The van der Waals surface area contributed by atoms with E-state index in [1.54, 1.807) is 7.11 Å². The van der Waals surface area contributed by atoms with Gasteiger partial charge in [0, 0.05) is 29.7 Å². The lowest BCUT2D eigenvalue weighted by Gasteiger charge is -2.10. The second kappa shape index (κ2) is 7.65. The van der Waals surface area contributed by atoms with Gasteiger partial charge in [-0.05, 0) is 25.1 Å². The van der Waals surface area contributed by atoms with Gasteiger partial charge in [-0.1, -0.05) is 15.9 Å². The largest absolute Gasteiger partial charge is 0.496 e. The molecule has 0 aliphatic rings. The van der Waals surface area contributed by atoms with E-state index >= 15 is 0 Å². The van der Waals surface area contributed by atoms with Gasteiger partial charge >= 0.3 is 0 Å². The first kappa shape index (κ1) is 13.5. The molecule has 1 rings (SSSR count). The fourth-order valence-corrected chi connectivity index (χ4v) is 1.81. The molecule has 90 valence electrons. The predicted octanol–water partition coefficient (Wildman–Crippen LogP) is 2.58. The van der Waals surface area contributed by atoms with Gasteiger partial charge in [0.1, 0.15) is 5.75 Å². The van der Waals surface area contributed by atoms with E-state index in [9.17, 15) is 0 Å².